The van der Waals surface area contributed by atoms with Gasteiger partial charge in [-0.25, -0.2) is 0 Å². The van der Waals surface area contributed by atoms with Crippen molar-refractivity contribution in [3.63, 3.8) is 0 Å². The topological polar surface area (TPSA) is 0 Å². The van der Waals surface area contributed by atoms with Crippen LogP contribution in [0.25, 0.3) is 65.7 Å². The largest absolute Gasteiger partial charge is 0.0622 e. The molecule has 0 bridgehead atoms. The molecule has 0 aliphatic heterocycles. The van der Waals surface area contributed by atoms with E-state index in [-0.39, 0.29) is 0 Å². The summed E-state index contributed by atoms with van der Waals surface area (Å²) in [6.07, 6.45) is 0. The van der Waals surface area contributed by atoms with Gasteiger partial charge in [0.05, 0.1) is 0 Å². The van der Waals surface area contributed by atoms with Crippen LogP contribution in [0.1, 0.15) is 0 Å². The van der Waals surface area contributed by atoms with Crippen LogP contribution in [-0.4, -0.2) is 0 Å². The van der Waals surface area contributed by atoms with Crippen LogP contribution in [0.3, 0.4) is 0 Å². The maximum absolute atomic E-state index is 3.79. The van der Waals surface area contributed by atoms with Crippen molar-refractivity contribution in [1.29, 1.82) is 0 Å². The predicted octanol–water partition coefficient (Wildman–Crippen LogP) is 10.3. The van der Waals surface area contributed by atoms with Crippen LogP contribution in [0.2, 0.25) is 0 Å². The summed E-state index contributed by atoms with van der Waals surface area (Å²) in [5, 5.41) is 7.90. The Morgan fingerprint density at radius 3 is 1.69 bits per heavy atom. The number of rotatable bonds is 3. The van der Waals surface area contributed by atoms with Gasteiger partial charge in [0.15, 0.2) is 0 Å². The molecule has 0 unspecified atom stereocenters. The molecule has 35 heavy (non-hydrogen) atoms. The first-order chi connectivity index (χ1) is 17.2. The van der Waals surface area contributed by atoms with E-state index in [1.165, 1.54) is 65.7 Å². The molecule has 0 aliphatic carbocycles. The van der Waals surface area contributed by atoms with Gasteiger partial charge >= 0.3 is 0 Å². The zero-order valence-corrected chi connectivity index (χ0v) is 20.6. The van der Waals surface area contributed by atoms with Gasteiger partial charge in [0.25, 0.3) is 0 Å². The van der Waals surface area contributed by atoms with Gasteiger partial charge in [-0.05, 0) is 83.9 Å². The van der Waals surface area contributed by atoms with E-state index in [9.17, 15) is 0 Å². The van der Waals surface area contributed by atoms with Crippen LogP contribution < -0.4 is 0 Å². The molecule has 0 nitrogen and oxygen atoms in total. The second-order valence-corrected chi connectivity index (χ2v) is 10.1. The Morgan fingerprint density at radius 1 is 0.371 bits per heavy atom. The second kappa shape index (κ2) is 8.08. The summed E-state index contributed by atoms with van der Waals surface area (Å²) < 4.78 is 1.09. The molecule has 7 aromatic carbocycles. The highest BCUT2D eigenvalue weighted by Crippen LogP contribution is 2.40. The molecule has 0 heterocycles. The van der Waals surface area contributed by atoms with Gasteiger partial charge in [-0.1, -0.05) is 125 Å². The van der Waals surface area contributed by atoms with Crippen molar-refractivity contribution in [3.8, 4) is 33.4 Å². The third-order valence-corrected chi connectivity index (χ3v) is 7.52. The van der Waals surface area contributed by atoms with Gasteiger partial charge in [0, 0.05) is 4.47 Å². The number of hydrogen-bond acceptors (Lipinski definition) is 0. The molecule has 0 fully saturated rings. The van der Waals surface area contributed by atoms with Crippen molar-refractivity contribution in [2.75, 3.05) is 0 Å². The second-order valence-electron chi connectivity index (χ2n) is 9.14. The lowest BCUT2D eigenvalue weighted by molar-refractivity contribution is 1.57. The summed E-state index contributed by atoms with van der Waals surface area (Å²) in [4.78, 5) is 0. The van der Waals surface area contributed by atoms with Crippen molar-refractivity contribution < 1.29 is 0 Å². The third-order valence-electron chi connectivity index (χ3n) is 7.06. The van der Waals surface area contributed by atoms with Gasteiger partial charge in [-0.2, -0.15) is 0 Å². The molecule has 0 saturated carbocycles. The zero-order chi connectivity index (χ0) is 23.4. The first-order valence-corrected chi connectivity index (χ1v) is 12.7. The maximum atomic E-state index is 3.79. The zero-order valence-electron chi connectivity index (χ0n) is 19.0. The quantitative estimate of drug-likeness (QED) is 0.208. The van der Waals surface area contributed by atoms with Gasteiger partial charge in [0.2, 0.25) is 0 Å². The first kappa shape index (κ1) is 20.4. The highest BCUT2D eigenvalue weighted by atomic mass is 79.9. The standard InChI is InChI=1S/C34H21Br/c35-30-20-28(24-11-9-23(10-12-24)22-5-2-1-3-6-22)19-29(21-30)31-17-15-27-14-13-25-7-4-8-26-16-18-32(31)34(27)33(25)26/h1-21H. The van der Waals surface area contributed by atoms with E-state index >= 15 is 0 Å². The van der Waals surface area contributed by atoms with Gasteiger partial charge in [-0.15, -0.1) is 0 Å². The molecule has 7 rings (SSSR count). The number of halogens is 1. The summed E-state index contributed by atoms with van der Waals surface area (Å²) >= 11 is 3.79. The molecular formula is C34H21Br. The summed E-state index contributed by atoms with van der Waals surface area (Å²) in [5.41, 5.74) is 7.38. The van der Waals surface area contributed by atoms with E-state index in [1.54, 1.807) is 0 Å². The highest BCUT2D eigenvalue weighted by Gasteiger charge is 2.13. The summed E-state index contributed by atoms with van der Waals surface area (Å²) in [7, 11) is 0. The van der Waals surface area contributed by atoms with Crippen molar-refractivity contribution in [3.05, 3.63) is 132 Å². The lowest BCUT2D eigenvalue weighted by atomic mass is 9.89. The van der Waals surface area contributed by atoms with E-state index in [4.69, 9.17) is 0 Å². The lowest BCUT2D eigenvalue weighted by Crippen LogP contribution is -1.88. The Bertz CT molecular complexity index is 1810. The van der Waals surface area contributed by atoms with Crippen molar-refractivity contribution in [2.24, 2.45) is 0 Å². The minimum atomic E-state index is 1.09. The Kier molecular flexibility index (Phi) is 4.72. The Morgan fingerprint density at radius 2 is 0.943 bits per heavy atom. The SMILES string of the molecule is Brc1cc(-c2ccc(-c3ccccc3)cc2)cc(-c2ccc3ccc4cccc5ccc2c3c45)c1. The molecule has 0 saturated heterocycles. The monoisotopic (exact) mass is 508 g/mol. The number of benzene rings is 7. The molecule has 0 aliphatic rings. The normalized spacial score (nSPS) is 11.6. The van der Waals surface area contributed by atoms with Crippen LogP contribution in [-0.2, 0) is 0 Å². The Labute approximate surface area is 212 Å². The lowest BCUT2D eigenvalue weighted by Gasteiger charge is -2.15. The van der Waals surface area contributed by atoms with E-state index in [0.29, 0.717) is 0 Å². The van der Waals surface area contributed by atoms with E-state index in [0.717, 1.165) is 4.47 Å². The fourth-order valence-electron chi connectivity index (χ4n) is 5.38. The molecule has 0 radical (unpaired) electrons. The number of hydrogen-bond donors (Lipinski definition) is 0. The Balaban J connectivity index is 1.38. The predicted molar refractivity (Wildman–Crippen MR) is 154 cm³/mol. The minimum absolute atomic E-state index is 1.09. The van der Waals surface area contributed by atoms with Crippen LogP contribution >= 0.6 is 15.9 Å². The van der Waals surface area contributed by atoms with E-state index in [1.807, 2.05) is 0 Å². The van der Waals surface area contributed by atoms with Gasteiger partial charge < -0.3 is 0 Å². The molecule has 0 spiro atoms. The van der Waals surface area contributed by atoms with Crippen molar-refractivity contribution in [2.45, 2.75) is 0 Å². The van der Waals surface area contributed by atoms with Crippen LogP contribution in [0.4, 0.5) is 0 Å². The smallest absolute Gasteiger partial charge is 0.0187 e. The fraction of sp³-hybridized carbons (Fsp3) is 0. The fourth-order valence-corrected chi connectivity index (χ4v) is 5.88. The van der Waals surface area contributed by atoms with Gasteiger partial charge in [0.1, 0.15) is 0 Å². The molecular weight excluding hydrogens is 488 g/mol. The maximum Gasteiger partial charge on any atom is 0.0187 e. The third kappa shape index (κ3) is 3.43. The molecule has 0 amide bonds. The van der Waals surface area contributed by atoms with E-state index < -0.39 is 0 Å². The summed E-state index contributed by atoms with van der Waals surface area (Å²) in [5.74, 6) is 0. The molecule has 164 valence electrons. The van der Waals surface area contributed by atoms with Crippen molar-refractivity contribution >= 4 is 48.2 Å². The van der Waals surface area contributed by atoms with Crippen molar-refractivity contribution in [1.82, 2.24) is 0 Å². The molecule has 0 aromatic heterocycles. The average molecular weight is 509 g/mol. The van der Waals surface area contributed by atoms with E-state index in [2.05, 4.69) is 143 Å². The molecule has 0 N–H and O–H groups in total. The molecule has 7 aromatic rings. The molecule has 1 heteroatoms. The summed E-state index contributed by atoms with van der Waals surface area (Å²) in [6, 6.07) is 46.3. The average Bonchev–Trinajstić information content (AvgIpc) is 2.92. The first-order valence-electron chi connectivity index (χ1n) is 11.9. The van der Waals surface area contributed by atoms with Crippen LogP contribution in [0.15, 0.2) is 132 Å². The van der Waals surface area contributed by atoms with Gasteiger partial charge in [-0.3, -0.25) is 0 Å². The van der Waals surface area contributed by atoms with Crippen LogP contribution in [0.5, 0.6) is 0 Å². The van der Waals surface area contributed by atoms with Crippen LogP contribution in [0, 0.1) is 0 Å². The minimum Gasteiger partial charge on any atom is -0.0622 e. The Hall–Kier alpha value is -3.94. The highest BCUT2D eigenvalue weighted by molar-refractivity contribution is 9.10. The summed E-state index contributed by atoms with van der Waals surface area (Å²) in [6.45, 7) is 0. The molecule has 0 atom stereocenters.